The molecule has 39 heavy (non-hydrogen) atoms. The number of nitrogens with one attached hydrogen (secondary N) is 1. The van der Waals surface area contributed by atoms with Crippen LogP contribution in [-0.4, -0.2) is 53.6 Å². The Morgan fingerprint density at radius 1 is 1.15 bits per heavy atom. The zero-order chi connectivity index (χ0) is 29.0. The Labute approximate surface area is 238 Å². The molecule has 1 aliphatic heterocycles. The summed E-state index contributed by atoms with van der Waals surface area (Å²) in [6, 6.07) is 8.39. The van der Waals surface area contributed by atoms with Gasteiger partial charge in [0.15, 0.2) is 6.79 Å². The molecule has 2 atom stereocenters. The second kappa shape index (κ2) is 12.8. The maximum absolute atomic E-state index is 13.9. The molecule has 0 spiro atoms. The van der Waals surface area contributed by atoms with Gasteiger partial charge in [0.25, 0.3) is 10.0 Å². The van der Waals surface area contributed by atoms with E-state index in [1.54, 1.807) is 37.8 Å². The third-order valence-corrected chi connectivity index (χ3v) is 8.25. The van der Waals surface area contributed by atoms with E-state index in [1.807, 2.05) is 0 Å². The van der Waals surface area contributed by atoms with Gasteiger partial charge in [0, 0.05) is 29.3 Å². The average molecular weight is 621 g/mol. The van der Waals surface area contributed by atoms with E-state index in [0.717, 1.165) is 9.87 Å². The first kappa shape index (κ1) is 31.1. The van der Waals surface area contributed by atoms with Gasteiger partial charge < -0.3 is 14.8 Å². The van der Waals surface area contributed by atoms with E-state index in [2.05, 4.69) is 5.32 Å². The number of nitrogens with zero attached hydrogens (tertiary/aromatic N) is 2. The fourth-order valence-corrected chi connectivity index (χ4v) is 6.15. The Hall–Kier alpha value is -2.47. The highest BCUT2D eigenvalue weighted by Crippen LogP contribution is 2.35. The molecule has 15 heteroatoms. The van der Waals surface area contributed by atoms with E-state index in [1.165, 1.54) is 31.3 Å². The molecule has 1 heterocycles. The molecule has 0 aliphatic carbocycles. The number of halogens is 2. The van der Waals surface area contributed by atoms with Crippen molar-refractivity contribution in [3.05, 3.63) is 52.0 Å². The predicted octanol–water partition coefficient (Wildman–Crippen LogP) is 4.74. The third-order valence-electron chi connectivity index (χ3n) is 5.68. The molecule has 2 aromatic rings. The van der Waals surface area contributed by atoms with Crippen LogP contribution >= 0.6 is 31.9 Å². The van der Waals surface area contributed by atoms with Gasteiger partial charge in [0.1, 0.15) is 0 Å². The summed E-state index contributed by atoms with van der Waals surface area (Å²) in [5, 5.41) is 2.79. The molecule has 0 bridgehead atoms. The van der Waals surface area contributed by atoms with Crippen LogP contribution in [0.5, 0.6) is 0 Å². The lowest BCUT2D eigenvalue weighted by Gasteiger charge is -2.27. The van der Waals surface area contributed by atoms with Crippen molar-refractivity contribution in [1.29, 1.82) is 0 Å². The fraction of sp³-hybridized carbons (Fsp3) is 0.417. The summed E-state index contributed by atoms with van der Waals surface area (Å²) in [5.74, 6) is -0.553. The SMILES string of the molecule is CNC(=O)N1CCc2cc(N(CC(OCOC(=O)C(C)(C)C)O[PH+]=O)S(=O)(=O)c3cc(Cl)cc(Cl)c3)ccc21. The summed E-state index contributed by atoms with van der Waals surface area (Å²) in [4.78, 5) is 25.7. The maximum Gasteiger partial charge on any atom is 0.496 e. The number of esters is 1. The zero-order valence-corrected chi connectivity index (χ0v) is 25.0. The van der Waals surface area contributed by atoms with Crippen molar-refractivity contribution in [2.24, 2.45) is 5.41 Å². The number of anilines is 2. The van der Waals surface area contributed by atoms with E-state index >= 15 is 0 Å². The van der Waals surface area contributed by atoms with Crippen LogP contribution in [0.3, 0.4) is 0 Å². The Bertz CT molecular complexity index is 1330. The highest BCUT2D eigenvalue weighted by molar-refractivity contribution is 7.92. The summed E-state index contributed by atoms with van der Waals surface area (Å²) in [7, 11) is -4.10. The molecule has 0 saturated heterocycles. The van der Waals surface area contributed by atoms with Gasteiger partial charge in [-0.05, 0) is 73.7 Å². The monoisotopic (exact) mass is 620 g/mol. The molecule has 1 aliphatic rings. The quantitative estimate of drug-likeness (QED) is 0.229. The lowest BCUT2D eigenvalue weighted by molar-refractivity contribution is -0.182. The van der Waals surface area contributed by atoms with Gasteiger partial charge in [-0.15, -0.1) is 4.52 Å². The minimum atomic E-state index is -4.32. The minimum Gasteiger partial charge on any atom is -0.438 e. The van der Waals surface area contributed by atoms with E-state index in [-0.39, 0.29) is 26.7 Å². The predicted molar refractivity (Wildman–Crippen MR) is 148 cm³/mol. The first-order chi connectivity index (χ1) is 18.3. The molecule has 3 rings (SSSR count). The van der Waals surface area contributed by atoms with Crippen LogP contribution in [0.4, 0.5) is 16.2 Å². The lowest BCUT2D eigenvalue weighted by Crippen LogP contribution is -2.39. The Morgan fingerprint density at radius 2 is 1.82 bits per heavy atom. The topological polar surface area (TPSA) is 132 Å². The average Bonchev–Trinajstić information content (AvgIpc) is 3.28. The molecule has 11 nitrogen and oxygen atoms in total. The second-order valence-corrected chi connectivity index (χ2v) is 12.6. The zero-order valence-electron chi connectivity index (χ0n) is 21.7. The summed E-state index contributed by atoms with van der Waals surface area (Å²) < 4.78 is 55.8. The number of carbonyl (C=O) groups excluding carboxylic acids is 2. The molecular weight excluding hydrogens is 592 g/mol. The molecular formula is C24H29Cl2N3O8PS+. The van der Waals surface area contributed by atoms with Crippen molar-refractivity contribution in [3.8, 4) is 0 Å². The largest absolute Gasteiger partial charge is 0.496 e. The highest BCUT2D eigenvalue weighted by Gasteiger charge is 2.33. The van der Waals surface area contributed by atoms with E-state index in [4.69, 9.17) is 37.2 Å². The van der Waals surface area contributed by atoms with Crippen molar-refractivity contribution in [2.75, 3.05) is 36.1 Å². The van der Waals surface area contributed by atoms with Crippen LogP contribution in [0.15, 0.2) is 41.3 Å². The number of fused-ring (bicyclic) bond motifs is 1. The number of carbonyl (C=O) groups is 2. The Balaban J connectivity index is 1.99. The smallest absolute Gasteiger partial charge is 0.438 e. The van der Waals surface area contributed by atoms with Gasteiger partial charge in [0.05, 0.1) is 22.5 Å². The summed E-state index contributed by atoms with van der Waals surface area (Å²) >= 11 is 12.2. The maximum atomic E-state index is 13.9. The number of ether oxygens (including phenoxy) is 2. The van der Waals surface area contributed by atoms with Gasteiger partial charge in [0.2, 0.25) is 6.29 Å². The molecule has 0 fully saturated rings. The van der Waals surface area contributed by atoms with E-state index < -0.39 is 49.7 Å². The van der Waals surface area contributed by atoms with Crippen molar-refractivity contribution in [1.82, 2.24) is 5.32 Å². The van der Waals surface area contributed by atoms with Crippen LogP contribution in [-0.2, 0) is 39.8 Å². The number of hydrogen-bond donors (Lipinski definition) is 1. The molecule has 0 aromatic heterocycles. The number of amides is 2. The third kappa shape index (κ3) is 7.59. The van der Waals surface area contributed by atoms with Crippen LogP contribution in [0, 0.1) is 5.41 Å². The van der Waals surface area contributed by atoms with Gasteiger partial charge in [-0.2, -0.15) is 0 Å². The van der Waals surface area contributed by atoms with Crippen LogP contribution < -0.4 is 14.5 Å². The molecule has 212 valence electrons. The molecule has 2 aromatic carbocycles. The number of rotatable bonds is 10. The van der Waals surface area contributed by atoms with Crippen LogP contribution in [0.2, 0.25) is 10.0 Å². The molecule has 0 radical (unpaired) electrons. The van der Waals surface area contributed by atoms with Gasteiger partial charge in [-0.3, -0.25) is 14.0 Å². The van der Waals surface area contributed by atoms with Crippen molar-refractivity contribution in [3.63, 3.8) is 0 Å². The number of sulfonamides is 1. The van der Waals surface area contributed by atoms with Crippen molar-refractivity contribution in [2.45, 2.75) is 38.4 Å². The molecule has 2 unspecified atom stereocenters. The van der Waals surface area contributed by atoms with Crippen LogP contribution in [0.1, 0.15) is 26.3 Å². The standard InChI is InChI=1S/C24H28Cl2N3O8PS/c1-24(2,3)22(30)36-14-35-21(37-38-32)13-29(39(33,34)19-11-16(25)10-17(26)12-19)18-5-6-20-15(9-18)7-8-28(20)23(31)27-4/h5-6,9-12,21,38H,7-8,13-14H2,1-4H3/p+1. The molecule has 1 N–H and O–H groups in total. The Morgan fingerprint density at radius 3 is 2.41 bits per heavy atom. The van der Waals surface area contributed by atoms with E-state index in [0.29, 0.717) is 18.7 Å². The lowest BCUT2D eigenvalue weighted by atomic mass is 9.98. The number of hydrogen-bond acceptors (Lipinski definition) is 8. The summed E-state index contributed by atoms with van der Waals surface area (Å²) in [6.07, 6.45) is -0.886. The van der Waals surface area contributed by atoms with E-state index in [9.17, 15) is 22.6 Å². The first-order valence-corrected chi connectivity index (χ1v) is 14.7. The van der Waals surface area contributed by atoms with Gasteiger partial charge in [-0.1, -0.05) is 23.2 Å². The van der Waals surface area contributed by atoms with Gasteiger partial charge in [-0.25, -0.2) is 13.2 Å². The number of urea groups is 1. The normalized spacial score (nSPS) is 14.2. The first-order valence-electron chi connectivity index (χ1n) is 11.7. The van der Waals surface area contributed by atoms with Crippen molar-refractivity contribution < 1.29 is 36.6 Å². The second-order valence-electron chi connectivity index (χ2n) is 9.51. The molecule has 2 amide bonds. The van der Waals surface area contributed by atoms with Crippen molar-refractivity contribution >= 4 is 65.3 Å². The van der Waals surface area contributed by atoms with Crippen LogP contribution in [0.25, 0.3) is 0 Å². The highest BCUT2D eigenvalue weighted by atomic mass is 35.5. The minimum absolute atomic E-state index is 0.107. The fourth-order valence-electron chi connectivity index (χ4n) is 3.73. The Kier molecular flexibility index (Phi) is 10.2. The molecule has 0 saturated carbocycles. The summed E-state index contributed by atoms with van der Waals surface area (Å²) in [6.45, 7) is 4.37. The summed E-state index contributed by atoms with van der Waals surface area (Å²) in [5.41, 5.74) is 0.805. The van der Waals surface area contributed by atoms with Gasteiger partial charge >= 0.3 is 20.7 Å². The number of benzene rings is 2.